The van der Waals surface area contributed by atoms with Gasteiger partial charge in [0.2, 0.25) is 5.91 Å². The molecular weight excluding hydrogens is 338 g/mol. The van der Waals surface area contributed by atoms with Gasteiger partial charge in [-0.3, -0.25) is 14.2 Å². The quantitative estimate of drug-likeness (QED) is 0.732. The smallest absolute Gasteiger partial charge is 0.220 e. The molecule has 0 saturated heterocycles. The first-order valence-corrected chi connectivity index (χ1v) is 9.54. The average molecular weight is 363 g/mol. The minimum Gasteiger partial charge on any atom is -0.349 e. The molecule has 0 aliphatic heterocycles. The highest BCUT2D eigenvalue weighted by molar-refractivity contribution is 5.76. The summed E-state index contributed by atoms with van der Waals surface area (Å²) in [6.45, 7) is 0.776. The standard InChI is InChI=1S/C21H25N5O/c1-25-14-17(12-22-25)10-11-21(27)24-19-8-5-9-20-18(19)13-23-26(20)15-16-6-3-2-4-7-16/h2-4,6-7,12-14,19H,5,8-11,15H2,1H3,(H,24,27). The third-order valence-corrected chi connectivity index (χ3v) is 5.17. The Bertz CT molecular complexity index is 912. The van der Waals surface area contributed by atoms with Crippen LogP contribution in [0.1, 0.15) is 47.7 Å². The molecule has 27 heavy (non-hydrogen) atoms. The molecule has 0 fully saturated rings. The molecule has 0 radical (unpaired) electrons. The molecule has 2 aromatic heterocycles. The van der Waals surface area contributed by atoms with Crippen molar-refractivity contribution in [1.82, 2.24) is 24.9 Å². The lowest BCUT2D eigenvalue weighted by molar-refractivity contribution is -0.121. The Labute approximate surface area is 159 Å². The zero-order valence-corrected chi connectivity index (χ0v) is 15.6. The van der Waals surface area contributed by atoms with Gasteiger partial charge >= 0.3 is 0 Å². The maximum Gasteiger partial charge on any atom is 0.220 e. The molecule has 1 atom stereocenters. The molecule has 1 aliphatic rings. The number of carbonyl (C=O) groups is 1. The molecule has 2 heterocycles. The number of hydrogen-bond acceptors (Lipinski definition) is 3. The third kappa shape index (κ3) is 4.10. The number of nitrogens with one attached hydrogen (secondary N) is 1. The zero-order chi connectivity index (χ0) is 18.6. The van der Waals surface area contributed by atoms with Crippen molar-refractivity contribution in [2.24, 2.45) is 7.05 Å². The highest BCUT2D eigenvalue weighted by Gasteiger charge is 2.25. The number of carbonyl (C=O) groups excluding carboxylic acids is 1. The number of aromatic nitrogens is 4. The monoisotopic (exact) mass is 363 g/mol. The number of rotatable bonds is 6. The minimum absolute atomic E-state index is 0.0691. The van der Waals surface area contributed by atoms with Crippen molar-refractivity contribution < 1.29 is 4.79 Å². The van der Waals surface area contributed by atoms with Crippen molar-refractivity contribution in [3.63, 3.8) is 0 Å². The minimum atomic E-state index is 0.0691. The molecule has 0 spiro atoms. The first-order chi connectivity index (χ1) is 13.2. The van der Waals surface area contributed by atoms with E-state index in [1.54, 1.807) is 4.68 Å². The molecule has 6 nitrogen and oxygen atoms in total. The number of amides is 1. The van der Waals surface area contributed by atoms with E-state index in [-0.39, 0.29) is 11.9 Å². The second-order valence-electron chi connectivity index (χ2n) is 7.22. The van der Waals surface area contributed by atoms with E-state index in [0.29, 0.717) is 12.8 Å². The fourth-order valence-electron chi connectivity index (χ4n) is 3.79. The zero-order valence-electron chi connectivity index (χ0n) is 15.6. The van der Waals surface area contributed by atoms with Crippen LogP contribution in [0.3, 0.4) is 0 Å². The number of benzene rings is 1. The number of hydrogen-bond donors (Lipinski definition) is 1. The van der Waals surface area contributed by atoms with Crippen molar-refractivity contribution in [2.75, 3.05) is 0 Å². The van der Waals surface area contributed by atoms with Gasteiger partial charge in [-0.05, 0) is 36.8 Å². The topological polar surface area (TPSA) is 64.7 Å². The van der Waals surface area contributed by atoms with Crippen LogP contribution in [-0.4, -0.2) is 25.5 Å². The van der Waals surface area contributed by atoms with Gasteiger partial charge < -0.3 is 5.32 Å². The molecular formula is C21H25N5O. The van der Waals surface area contributed by atoms with Gasteiger partial charge in [-0.15, -0.1) is 0 Å². The Balaban J connectivity index is 1.40. The molecule has 3 aromatic rings. The molecule has 0 saturated carbocycles. The maximum absolute atomic E-state index is 12.4. The predicted molar refractivity (Wildman–Crippen MR) is 103 cm³/mol. The molecule has 1 aromatic carbocycles. The van der Waals surface area contributed by atoms with E-state index in [9.17, 15) is 4.79 Å². The van der Waals surface area contributed by atoms with Gasteiger partial charge in [0.15, 0.2) is 0 Å². The highest BCUT2D eigenvalue weighted by atomic mass is 16.1. The van der Waals surface area contributed by atoms with Crippen LogP contribution >= 0.6 is 0 Å². The van der Waals surface area contributed by atoms with Gasteiger partial charge in [-0.25, -0.2) is 0 Å². The Hall–Kier alpha value is -2.89. The first kappa shape index (κ1) is 17.5. The molecule has 1 unspecified atom stereocenters. The molecule has 140 valence electrons. The summed E-state index contributed by atoms with van der Waals surface area (Å²) in [6.07, 6.45) is 9.97. The summed E-state index contributed by atoms with van der Waals surface area (Å²) in [5, 5.41) is 12.0. The van der Waals surface area contributed by atoms with Crippen LogP contribution in [0.5, 0.6) is 0 Å². The van der Waals surface area contributed by atoms with Crippen LogP contribution in [0.2, 0.25) is 0 Å². The second kappa shape index (κ2) is 7.78. The van der Waals surface area contributed by atoms with Crippen LogP contribution in [-0.2, 0) is 31.2 Å². The Morgan fingerprint density at radius 2 is 2.04 bits per heavy atom. The predicted octanol–water partition coefficient (Wildman–Crippen LogP) is 2.79. The Kier molecular flexibility index (Phi) is 5.05. The largest absolute Gasteiger partial charge is 0.349 e. The van der Waals surface area contributed by atoms with Crippen molar-refractivity contribution in [2.45, 2.75) is 44.7 Å². The van der Waals surface area contributed by atoms with Crippen molar-refractivity contribution >= 4 is 5.91 Å². The van der Waals surface area contributed by atoms with E-state index >= 15 is 0 Å². The summed E-state index contributed by atoms with van der Waals surface area (Å²) in [5.74, 6) is 0.0903. The van der Waals surface area contributed by atoms with Gasteiger partial charge in [-0.2, -0.15) is 10.2 Å². The lowest BCUT2D eigenvalue weighted by Crippen LogP contribution is -2.31. The van der Waals surface area contributed by atoms with Crippen LogP contribution in [0.15, 0.2) is 48.9 Å². The molecule has 1 amide bonds. The van der Waals surface area contributed by atoms with Crippen LogP contribution in [0.4, 0.5) is 0 Å². The summed E-state index contributed by atoms with van der Waals surface area (Å²) in [4.78, 5) is 12.4. The van der Waals surface area contributed by atoms with Crippen LogP contribution in [0.25, 0.3) is 0 Å². The third-order valence-electron chi connectivity index (χ3n) is 5.17. The van der Waals surface area contributed by atoms with E-state index in [1.807, 2.05) is 31.7 Å². The summed E-state index contributed by atoms with van der Waals surface area (Å²) in [5.41, 5.74) is 4.76. The van der Waals surface area contributed by atoms with Crippen LogP contribution in [0, 0.1) is 0 Å². The van der Waals surface area contributed by atoms with E-state index in [4.69, 9.17) is 0 Å². The van der Waals surface area contributed by atoms with Crippen molar-refractivity contribution in [3.05, 3.63) is 71.3 Å². The fraction of sp³-hybridized carbons (Fsp3) is 0.381. The summed E-state index contributed by atoms with van der Waals surface area (Å²) in [7, 11) is 1.89. The Morgan fingerprint density at radius 3 is 2.81 bits per heavy atom. The number of fused-ring (bicyclic) bond motifs is 1. The maximum atomic E-state index is 12.4. The van der Waals surface area contributed by atoms with E-state index in [0.717, 1.165) is 31.4 Å². The van der Waals surface area contributed by atoms with Gasteiger partial charge in [0.1, 0.15) is 0 Å². The van der Waals surface area contributed by atoms with Crippen LogP contribution < -0.4 is 5.32 Å². The SMILES string of the molecule is Cn1cc(CCC(=O)NC2CCCc3c2cnn3Cc2ccccc2)cn1. The molecule has 1 N–H and O–H groups in total. The van der Waals surface area contributed by atoms with Gasteiger partial charge in [-0.1, -0.05) is 30.3 Å². The molecule has 0 bridgehead atoms. The highest BCUT2D eigenvalue weighted by Crippen LogP contribution is 2.30. The summed E-state index contributed by atoms with van der Waals surface area (Å²) < 4.78 is 3.85. The number of nitrogens with zero attached hydrogens (tertiary/aromatic N) is 4. The van der Waals surface area contributed by atoms with E-state index in [1.165, 1.54) is 16.8 Å². The van der Waals surface area contributed by atoms with Crippen molar-refractivity contribution in [3.8, 4) is 0 Å². The summed E-state index contributed by atoms with van der Waals surface area (Å²) >= 11 is 0. The first-order valence-electron chi connectivity index (χ1n) is 9.54. The van der Waals surface area contributed by atoms with Crippen molar-refractivity contribution in [1.29, 1.82) is 0 Å². The van der Waals surface area contributed by atoms with E-state index < -0.39 is 0 Å². The molecule has 1 aliphatic carbocycles. The Morgan fingerprint density at radius 1 is 1.19 bits per heavy atom. The second-order valence-corrected chi connectivity index (χ2v) is 7.22. The lowest BCUT2D eigenvalue weighted by atomic mass is 9.92. The van der Waals surface area contributed by atoms with Gasteiger partial charge in [0.05, 0.1) is 25.0 Å². The number of aryl methyl sites for hydroxylation is 2. The lowest BCUT2D eigenvalue weighted by Gasteiger charge is -2.24. The molecule has 4 rings (SSSR count). The molecule has 6 heteroatoms. The average Bonchev–Trinajstić information content (AvgIpc) is 3.28. The summed E-state index contributed by atoms with van der Waals surface area (Å²) in [6, 6.07) is 10.4. The van der Waals surface area contributed by atoms with Gasteiger partial charge in [0.25, 0.3) is 0 Å². The normalized spacial score (nSPS) is 16.1. The van der Waals surface area contributed by atoms with E-state index in [2.05, 4.69) is 44.5 Å². The fourth-order valence-corrected chi connectivity index (χ4v) is 3.79. The van der Waals surface area contributed by atoms with Gasteiger partial charge in [0, 0.05) is 30.9 Å².